The first kappa shape index (κ1) is 23.3. The van der Waals surface area contributed by atoms with Crippen LogP contribution >= 0.6 is 11.3 Å². The second-order valence-corrected chi connectivity index (χ2v) is 8.42. The van der Waals surface area contributed by atoms with Gasteiger partial charge in [0, 0.05) is 18.0 Å². The first-order chi connectivity index (χ1) is 15.2. The van der Waals surface area contributed by atoms with E-state index in [9.17, 15) is 14.4 Å². The minimum atomic E-state index is -0.523. The Hall–Kier alpha value is -3.39. The van der Waals surface area contributed by atoms with Gasteiger partial charge in [-0.3, -0.25) is 9.59 Å². The molecule has 32 heavy (non-hydrogen) atoms. The number of rotatable bonds is 7. The van der Waals surface area contributed by atoms with Gasteiger partial charge >= 0.3 is 5.97 Å². The molecular weight excluding hydrogens is 428 g/mol. The van der Waals surface area contributed by atoms with Gasteiger partial charge in [-0.1, -0.05) is 30.3 Å². The van der Waals surface area contributed by atoms with Crippen molar-refractivity contribution in [3.63, 3.8) is 0 Å². The zero-order valence-electron chi connectivity index (χ0n) is 18.8. The summed E-state index contributed by atoms with van der Waals surface area (Å²) >= 11 is 1.22. The predicted molar refractivity (Wildman–Crippen MR) is 127 cm³/mol. The number of carbonyl (C=O) groups excluding carboxylic acids is 3. The van der Waals surface area contributed by atoms with E-state index in [2.05, 4.69) is 10.6 Å². The van der Waals surface area contributed by atoms with Crippen LogP contribution in [-0.2, 0) is 14.3 Å². The number of fused-ring (bicyclic) bond motifs is 1. The number of nitrogens with one attached hydrogen (secondary N) is 2. The van der Waals surface area contributed by atoms with Gasteiger partial charge in [0.1, 0.15) is 16.3 Å². The Balaban J connectivity index is 1.92. The van der Waals surface area contributed by atoms with Crippen LogP contribution in [0.1, 0.15) is 40.9 Å². The molecule has 2 N–H and O–H groups in total. The molecule has 0 aliphatic rings. The number of amides is 2. The van der Waals surface area contributed by atoms with Gasteiger partial charge < -0.3 is 20.1 Å². The highest BCUT2D eigenvalue weighted by Gasteiger charge is 2.24. The van der Waals surface area contributed by atoms with Crippen molar-refractivity contribution in [3.05, 3.63) is 52.6 Å². The quantitative estimate of drug-likeness (QED) is 0.491. The molecule has 168 valence electrons. The fraction of sp³-hybridized carbons (Fsp3) is 0.292. The van der Waals surface area contributed by atoms with Crippen LogP contribution < -0.4 is 15.4 Å². The van der Waals surface area contributed by atoms with E-state index in [4.69, 9.17) is 9.47 Å². The number of benzene rings is 2. The molecule has 0 saturated carbocycles. The molecule has 0 bridgehead atoms. The molecule has 3 rings (SSSR count). The monoisotopic (exact) mass is 454 g/mol. The second kappa shape index (κ2) is 9.82. The maximum atomic E-state index is 12.6. The molecule has 0 fully saturated rings. The molecule has 0 aliphatic carbocycles. The molecule has 0 atom stereocenters. The van der Waals surface area contributed by atoms with Crippen LogP contribution in [0.15, 0.2) is 30.3 Å². The van der Waals surface area contributed by atoms with Crippen LogP contribution in [0.3, 0.4) is 0 Å². The third kappa shape index (κ3) is 4.91. The smallest absolute Gasteiger partial charge is 0.341 e. The van der Waals surface area contributed by atoms with Gasteiger partial charge in [-0.2, -0.15) is 0 Å². The second-order valence-electron chi connectivity index (χ2n) is 7.40. The lowest BCUT2D eigenvalue weighted by Crippen LogP contribution is -2.21. The number of anilines is 2. The lowest BCUT2D eigenvalue weighted by Gasteiger charge is -2.13. The number of ether oxygens (including phenoxy) is 2. The Morgan fingerprint density at radius 3 is 2.28 bits per heavy atom. The first-order valence-electron chi connectivity index (χ1n) is 10.2. The summed E-state index contributed by atoms with van der Waals surface area (Å²) in [5.41, 5.74) is 3.79. The third-order valence-electron chi connectivity index (χ3n) is 4.87. The average Bonchev–Trinajstić information content (AvgIpc) is 3.07. The van der Waals surface area contributed by atoms with Crippen LogP contribution in [0.4, 0.5) is 10.7 Å². The Bertz CT molecular complexity index is 1180. The highest BCUT2D eigenvalue weighted by Crippen LogP contribution is 2.43. The van der Waals surface area contributed by atoms with Crippen molar-refractivity contribution in [2.24, 2.45) is 0 Å². The fourth-order valence-corrected chi connectivity index (χ4v) is 4.68. The summed E-state index contributed by atoms with van der Waals surface area (Å²) in [7, 11) is 0. The zero-order valence-corrected chi connectivity index (χ0v) is 19.6. The minimum absolute atomic E-state index is 0.199. The molecule has 3 aromatic rings. The van der Waals surface area contributed by atoms with E-state index in [1.54, 1.807) is 13.0 Å². The van der Waals surface area contributed by atoms with Gasteiger partial charge in [-0.15, -0.1) is 11.3 Å². The van der Waals surface area contributed by atoms with Crippen molar-refractivity contribution in [1.29, 1.82) is 0 Å². The molecule has 0 saturated heterocycles. The summed E-state index contributed by atoms with van der Waals surface area (Å²) in [5, 5.41) is 6.60. The first-order valence-corrected chi connectivity index (χ1v) is 11.0. The molecule has 0 unspecified atom stereocenters. The predicted octanol–water partition coefficient (Wildman–Crippen LogP) is 4.98. The summed E-state index contributed by atoms with van der Waals surface area (Å²) in [6.07, 6.45) is 0. The fourth-order valence-electron chi connectivity index (χ4n) is 3.39. The summed E-state index contributed by atoms with van der Waals surface area (Å²) in [6, 6.07) is 9.41. The molecule has 0 spiro atoms. The standard InChI is InChI=1S/C24H26N2O5S/c1-6-30-24(29)19-17-11-10-15(4)21(22(17)32-23(19)25-16(5)27)31-12-18(28)26-20-13(2)8-7-9-14(20)3/h7-11H,6,12H2,1-5H3,(H,25,27)(H,26,28). The maximum absolute atomic E-state index is 12.6. The van der Waals surface area contributed by atoms with Crippen LogP contribution in [-0.4, -0.2) is 31.0 Å². The molecule has 0 aliphatic heterocycles. The maximum Gasteiger partial charge on any atom is 0.341 e. The van der Waals surface area contributed by atoms with Gasteiger partial charge in [0.15, 0.2) is 6.61 Å². The van der Waals surface area contributed by atoms with Crippen LogP contribution in [0.5, 0.6) is 5.75 Å². The van der Waals surface area contributed by atoms with Gasteiger partial charge in [-0.25, -0.2) is 4.79 Å². The number of para-hydroxylation sites is 1. The lowest BCUT2D eigenvalue weighted by molar-refractivity contribution is -0.118. The highest BCUT2D eigenvalue weighted by atomic mass is 32.1. The number of aryl methyl sites for hydroxylation is 3. The Morgan fingerprint density at radius 2 is 1.66 bits per heavy atom. The summed E-state index contributed by atoms with van der Waals surface area (Å²) in [5.74, 6) is -0.617. The molecule has 7 nitrogen and oxygen atoms in total. The van der Waals surface area contributed by atoms with Crippen molar-refractivity contribution >= 4 is 49.9 Å². The summed E-state index contributed by atoms with van der Waals surface area (Å²) in [4.78, 5) is 36.8. The molecule has 2 amide bonds. The highest BCUT2D eigenvalue weighted by molar-refractivity contribution is 7.24. The van der Waals surface area contributed by atoms with E-state index >= 15 is 0 Å². The van der Waals surface area contributed by atoms with Crippen molar-refractivity contribution in [2.45, 2.75) is 34.6 Å². The number of thiophene rings is 1. The zero-order chi connectivity index (χ0) is 23.4. The molecule has 1 heterocycles. The van der Waals surface area contributed by atoms with E-state index < -0.39 is 5.97 Å². The van der Waals surface area contributed by atoms with E-state index in [0.717, 1.165) is 22.4 Å². The Kier molecular flexibility index (Phi) is 7.15. The van der Waals surface area contributed by atoms with E-state index in [-0.39, 0.29) is 30.6 Å². The van der Waals surface area contributed by atoms with Gasteiger partial charge in [-0.05, 0) is 44.4 Å². The molecule has 8 heteroatoms. The SMILES string of the molecule is CCOC(=O)c1c(NC(C)=O)sc2c(OCC(=O)Nc3c(C)cccc3C)c(C)ccc12. The van der Waals surface area contributed by atoms with Crippen molar-refractivity contribution in [2.75, 3.05) is 23.8 Å². The topological polar surface area (TPSA) is 93.7 Å². The van der Waals surface area contributed by atoms with Crippen molar-refractivity contribution in [1.82, 2.24) is 0 Å². The van der Waals surface area contributed by atoms with Crippen LogP contribution in [0.2, 0.25) is 0 Å². The van der Waals surface area contributed by atoms with E-state index in [0.29, 0.717) is 20.8 Å². The van der Waals surface area contributed by atoms with Crippen molar-refractivity contribution in [3.8, 4) is 5.75 Å². The van der Waals surface area contributed by atoms with Crippen LogP contribution in [0, 0.1) is 20.8 Å². The number of hydrogen-bond donors (Lipinski definition) is 2. The molecule has 1 aromatic heterocycles. The number of hydrogen-bond acceptors (Lipinski definition) is 6. The molecule has 0 radical (unpaired) electrons. The van der Waals surface area contributed by atoms with Crippen molar-refractivity contribution < 1.29 is 23.9 Å². The minimum Gasteiger partial charge on any atom is -0.482 e. The third-order valence-corrected chi connectivity index (χ3v) is 5.99. The average molecular weight is 455 g/mol. The van der Waals surface area contributed by atoms with Crippen LogP contribution in [0.25, 0.3) is 10.1 Å². The van der Waals surface area contributed by atoms with E-state index in [1.165, 1.54) is 18.3 Å². The Labute approximate surface area is 190 Å². The normalized spacial score (nSPS) is 10.7. The molecular formula is C24H26N2O5S. The summed E-state index contributed by atoms with van der Waals surface area (Å²) < 4.78 is 11.8. The van der Waals surface area contributed by atoms with E-state index in [1.807, 2.05) is 45.0 Å². The largest absolute Gasteiger partial charge is 0.482 e. The number of esters is 1. The summed E-state index contributed by atoms with van der Waals surface area (Å²) in [6.45, 7) is 8.83. The molecule has 2 aromatic carbocycles. The van der Waals surface area contributed by atoms with Gasteiger partial charge in [0.25, 0.3) is 5.91 Å². The van der Waals surface area contributed by atoms with Gasteiger partial charge in [0.05, 0.1) is 11.3 Å². The lowest BCUT2D eigenvalue weighted by atomic mass is 10.1. The number of carbonyl (C=O) groups is 3. The Morgan fingerprint density at radius 1 is 0.969 bits per heavy atom. The van der Waals surface area contributed by atoms with Gasteiger partial charge in [0.2, 0.25) is 5.91 Å².